The minimum absolute atomic E-state index is 0.0896. The van der Waals surface area contributed by atoms with Crippen molar-refractivity contribution in [1.29, 1.82) is 0 Å². The molecule has 2 N–H and O–H groups in total. The topological polar surface area (TPSA) is 72.6 Å². The van der Waals surface area contributed by atoms with Crippen LogP contribution in [0.2, 0.25) is 0 Å². The molecule has 0 aliphatic heterocycles. The number of hydrogen-bond donors (Lipinski definition) is 1. The first kappa shape index (κ1) is 18.2. The van der Waals surface area contributed by atoms with Crippen LogP contribution in [0.3, 0.4) is 0 Å². The van der Waals surface area contributed by atoms with Gasteiger partial charge in [0.15, 0.2) is 0 Å². The maximum atomic E-state index is 11.5. The highest BCUT2D eigenvalue weighted by molar-refractivity contribution is 5.86. The second kappa shape index (κ2) is 8.54. The normalized spacial score (nSPS) is 13.3. The van der Waals surface area contributed by atoms with Crippen LogP contribution >= 0.6 is 0 Å². The zero-order chi connectivity index (χ0) is 16.6. The second-order valence-corrected chi connectivity index (χ2v) is 5.63. The van der Waals surface area contributed by atoms with Gasteiger partial charge in [0.25, 0.3) is 0 Å². The standard InChI is InChI=1S/C17H26N2O3/c1-4-17(2,10-7-11-18)14-8-5-6-9-15(14)19(13-20)12-16(21)22-3/h5-6,8-9,13H,4,7,10-12,18H2,1-3H3. The Bertz CT molecular complexity index is 504. The van der Waals surface area contributed by atoms with E-state index in [0.717, 1.165) is 30.5 Å². The van der Waals surface area contributed by atoms with Gasteiger partial charge in [-0.3, -0.25) is 9.59 Å². The van der Waals surface area contributed by atoms with Crippen LogP contribution in [-0.4, -0.2) is 32.6 Å². The molecule has 0 saturated carbocycles. The fraction of sp³-hybridized carbons (Fsp3) is 0.529. The van der Waals surface area contributed by atoms with E-state index in [2.05, 4.69) is 18.6 Å². The summed E-state index contributed by atoms with van der Waals surface area (Å²) < 4.78 is 4.66. The summed E-state index contributed by atoms with van der Waals surface area (Å²) >= 11 is 0. The number of carbonyl (C=O) groups excluding carboxylic acids is 2. The number of nitrogens with zero attached hydrogens (tertiary/aromatic N) is 1. The summed E-state index contributed by atoms with van der Waals surface area (Å²) in [5, 5.41) is 0. The van der Waals surface area contributed by atoms with Gasteiger partial charge in [-0.05, 0) is 42.9 Å². The molecule has 0 aliphatic rings. The molecule has 1 amide bonds. The van der Waals surface area contributed by atoms with Crippen molar-refractivity contribution < 1.29 is 14.3 Å². The largest absolute Gasteiger partial charge is 0.468 e. The number of anilines is 1. The molecular weight excluding hydrogens is 280 g/mol. The van der Waals surface area contributed by atoms with Crippen molar-refractivity contribution in [2.45, 2.75) is 38.5 Å². The molecule has 0 aromatic heterocycles. The minimum atomic E-state index is -0.443. The smallest absolute Gasteiger partial charge is 0.325 e. The van der Waals surface area contributed by atoms with Gasteiger partial charge in [-0.15, -0.1) is 0 Å². The molecule has 0 radical (unpaired) electrons. The molecule has 0 bridgehead atoms. The Morgan fingerprint density at radius 3 is 2.64 bits per heavy atom. The van der Waals surface area contributed by atoms with Crippen molar-refractivity contribution in [2.75, 3.05) is 25.1 Å². The monoisotopic (exact) mass is 306 g/mol. The van der Waals surface area contributed by atoms with E-state index < -0.39 is 5.97 Å². The Morgan fingerprint density at radius 1 is 1.41 bits per heavy atom. The highest BCUT2D eigenvalue weighted by Crippen LogP contribution is 2.38. The average molecular weight is 306 g/mol. The van der Waals surface area contributed by atoms with E-state index >= 15 is 0 Å². The summed E-state index contributed by atoms with van der Waals surface area (Å²) in [6.07, 6.45) is 3.45. The summed E-state index contributed by atoms with van der Waals surface area (Å²) in [6.45, 7) is 4.84. The third-order valence-electron chi connectivity index (χ3n) is 4.23. The number of carbonyl (C=O) groups is 2. The van der Waals surface area contributed by atoms with Crippen LogP contribution in [0, 0.1) is 0 Å². The molecule has 0 heterocycles. The SMILES string of the molecule is CCC(C)(CCCN)c1ccccc1N(C=O)CC(=O)OC. The highest BCUT2D eigenvalue weighted by Gasteiger charge is 2.28. The summed E-state index contributed by atoms with van der Waals surface area (Å²) in [5.74, 6) is -0.443. The number of benzene rings is 1. The molecule has 5 heteroatoms. The van der Waals surface area contributed by atoms with E-state index in [0.29, 0.717) is 13.0 Å². The van der Waals surface area contributed by atoms with Gasteiger partial charge in [0.05, 0.1) is 7.11 Å². The summed E-state index contributed by atoms with van der Waals surface area (Å²) in [5.41, 5.74) is 7.37. The number of methoxy groups -OCH3 is 1. The van der Waals surface area contributed by atoms with Crippen LogP contribution in [0.15, 0.2) is 24.3 Å². The number of esters is 1. The van der Waals surface area contributed by atoms with Gasteiger partial charge in [0, 0.05) is 5.69 Å². The second-order valence-electron chi connectivity index (χ2n) is 5.63. The fourth-order valence-corrected chi connectivity index (χ4v) is 2.61. The van der Waals surface area contributed by atoms with Gasteiger partial charge < -0.3 is 15.4 Å². The predicted molar refractivity (Wildman–Crippen MR) is 87.8 cm³/mol. The number of rotatable bonds is 9. The van der Waals surface area contributed by atoms with E-state index in [4.69, 9.17) is 5.73 Å². The van der Waals surface area contributed by atoms with Gasteiger partial charge in [0.1, 0.15) is 6.54 Å². The van der Waals surface area contributed by atoms with E-state index in [-0.39, 0.29) is 12.0 Å². The number of ether oxygens (including phenoxy) is 1. The van der Waals surface area contributed by atoms with Gasteiger partial charge in [-0.1, -0.05) is 32.0 Å². The lowest BCUT2D eigenvalue weighted by atomic mass is 9.75. The molecule has 1 unspecified atom stereocenters. The maximum absolute atomic E-state index is 11.5. The van der Waals surface area contributed by atoms with E-state index in [1.54, 1.807) is 0 Å². The lowest BCUT2D eigenvalue weighted by Crippen LogP contribution is -2.32. The lowest BCUT2D eigenvalue weighted by Gasteiger charge is -2.33. The van der Waals surface area contributed by atoms with Gasteiger partial charge in [-0.25, -0.2) is 0 Å². The summed E-state index contributed by atoms with van der Waals surface area (Å²) in [6, 6.07) is 7.70. The van der Waals surface area contributed by atoms with Crippen molar-refractivity contribution >= 4 is 18.1 Å². The quantitative estimate of drug-likeness (QED) is 0.561. The molecule has 122 valence electrons. The minimum Gasteiger partial charge on any atom is -0.468 e. The molecule has 1 rings (SSSR count). The van der Waals surface area contributed by atoms with Crippen LogP contribution in [0.25, 0.3) is 0 Å². The maximum Gasteiger partial charge on any atom is 0.325 e. The van der Waals surface area contributed by atoms with Crippen LogP contribution in [-0.2, 0) is 19.7 Å². The summed E-state index contributed by atoms with van der Waals surface area (Å²) in [4.78, 5) is 24.4. The Hall–Kier alpha value is -1.88. The van der Waals surface area contributed by atoms with Crippen LogP contribution < -0.4 is 10.6 Å². The van der Waals surface area contributed by atoms with Crippen molar-refractivity contribution in [2.24, 2.45) is 5.73 Å². The number of hydrogen-bond acceptors (Lipinski definition) is 4. The van der Waals surface area contributed by atoms with Crippen LogP contribution in [0.4, 0.5) is 5.69 Å². The van der Waals surface area contributed by atoms with Crippen molar-refractivity contribution in [3.05, 3.63) is 29.8 Å². The van der Waals surface area contributed by atoms with Gasteiger partial charge in [0.2, 0.25) is 6.41 Å². The molecule has 0 aliphatic carbocycles. The molecule has 0 fully saturated rings. The predicted octanol–water partition coefficient (Wildman–Crippen LogP) is 2.23. The first-order valence-electron chi connectivity index (χ1n) is 7.60. The molecule has 1 atom stereocenters. The van der Waals surface area contributed by atoms with Crippen molar-refractivity contribution in [1.82, 2.24) is 0 Å². The summed E-state index contributed by atoms with van der Waals surface area (Å²) in [7, 11) is 1.31. The third kappa shape index (κ3) is 4.31. The molecule has 5 nitrogen and oxygen atoms in total. The molecule has 22 heavy (non-hydrogen) atoms. The Labute approximate surface area is 132 Å². The van der Waals surface area contributed by atoms with Crippen LogP contribution in [0.5, 0.6) is 0 Å². The Morgan fingerprint density at radius 2 is 2.09 bits per heavy atom. The van der Waals surface area contributed by atoms with Gasteiger partial charge in [-0.2, -0.15) is 0 Å². The van der Waals surface area contributed by atoms with E-state index in [9.17, 15) is 9.59 Å². The third-order valence-corrected chi connectivity index (χ3v) is 4.23. The average Bonchev–Trinajstić information content (AvgIpc) is 2.57. The Balaban J connectivity index is 3.20. The van der Waals surface area contributed by atoms with Crippen molar-refractivity contribution in [3.63, 3.8) is 0 Å². The van der Waals surface area contributed by atoms with Gasteiger partial charge >= 0.3 is 5.97 Å². The van der Waals surface area contributed by atoms with E-state index in [1.807, 2.05) is 24.3 Å². The highest BCUT2D eigenvalue weighted by atomic mass is 16.5. The molecule has 1 aromatic rings. The zero-order valence-electron chi connectivity index (χ0n) is 13.7. The molecule has 0 saturated heterocycles. The number of para-hydroxylation sites is 1. The number of amides is 1. The van der Waals surface area contributed by atoms with Crippen molar-refractivity contribution in [3.8, 4) is 0 Å². The fourth-order valence-electron chi connectivity index (χ4n) is 2.61. The molecular formula is C17H26N2O3. The molecule has 0 spiro atoms. The van der Waals surface area contributed by atoms with E-state index in [1.165, 1.54) is 12.0 Å². The first-order chi connectivity index (χ1) is 10.5. The lowest BCUT2D eigenvalue weighted by molar-refractivity contribution is -0.139. The Kier molecular flexibility index (Phi) is 7.05. The first-order valence-corrected chi connectivity index (χ1v) is 7.60. The molecule has 1 aromatic carbocycles. The number of nitrogens with two attached hydrogens (primary N) is 1. The zero-order valence-corrected chi connectivity index (χ0v) is 13.7. The van der Waals surface area contributed by atoms with Crippen LogP contribution in [0.1, 0.15) is 38.7 Å².